The second-order valence-electron chi connectivity index (χ2n) is 13.3. The van der Waals surface area contributed by atoms with Gasteiger partial charge in [0.15, 0.2) is 0 Å². The van der Waals surface area contributed by atoms with Gasteiger partial charge in [0.25, 0.3) is 5.91 Å². The summed E-state index contributed by atoms with van der Waals surface area (Å²) in [7, 11) is 2.19. The summed E-state index contributed by atoms with van der Waals surface area (Å²) in [4.78, 5) is 18.6. The molecule has 2 aliphatic heterocycles. The van der Waals surface area contributed by atoms with Crippen LogP contribution < -0.4 is 15.0 Å². The topological polar surface area (TPSA) is 63.3 Å². The van der Waals surface area contributed by atoms with Crippen LogP contribution in [0.15, 0.2) is 72.3 Å². The zero-order chi connectivity index (χ0) is 32.4. The smallest absolute Gasteiger partial charge is 0.251 e. The Morgan fingerprint density at radius 3 is 2.45 bits per heavy atom. The first-order chi connectivity index (χ1) is 23.1. The number of carbonyl (C=O) groups is 1. The van der Waals surface area contributed by atoms with Crippen molar-refractivity contribution in [2.24, 2.45) is 5.92 Å². The maximum absolute atomic E-state index is 13.7. The van der Waals surface area contributed by atoms with Gasteiger partial charge in [0, 0.05) is 62.4 Å². The van der Waals surface area contributed by atoms with E-state index in [1.54, 1.807) is 0 Å². The van der Waals surface area contributed by atoms with E-state index >= 15 is 0 Å². The van der Waals surface area contributed by atoms with Crippen LogP contribution in [0, 0.1) is 5.92 Å². The quantitative estimate of drug-likeness (QED) is 0.172. The number of ether oxygens (including phenoxy) is 3. The van der Waals surface area contributed by atoms with E-state index in [0.717, 1.165) is 105 Å². The molecule has 3 aromatic carbocycles. The van der Waals surface area contributed by atoms with Crippen LogP contribution in [0.2, 0.25) is 0 Å². The molecule has 7 heteroatoms. The fourth-order valence-electron chi connectivity index (χ4n) is 6.51. The normalized spacial score (nSPS) is 16.8. The van der Waals surface area contributed by atoms with Gasteiger partial charge in [-0.1, -0.05) is 43.7 Å². The van der Waals surface area contributed by atoms with Gasteiger partial charge >= 0.3 is 0 Å². The van der Waals surface area contributed by atoms with E-state index in [-0.39, 0.29) is 5.91 Å². The van der Waals surface area contributed by atoms with Crippen molar-refractivity contribution in [1.82, 2.24) is 4.90 Å². The molecule has 3 aliphatic rings. The molecule has 0 unspecified atom stereocenters. The Labute approximate surface area is 280 Å². The number of fused-ring (bicyclic) bond motifs is 1. The molecule has 0 spiro atoms. The summed E-state index contributed by atoms with van der Waals surface area (Å²) in [5.41, 5.74) is 7.46. The highest BCUT2D eigenvalue weighted by Crippen LogP contribution is 2.37. The lowest BCUT2D eigenvalue weighted by molar-refractivity contribution is -0.112. The lowest BCUT2D eigenvalue weighted by Crippen LogP contribution is -2.36. The molecule has 1 saturated carbocycles. The van der Waals surface area contributed by atoms with E-state index in [9.17, 15) is 4.79 Å². The monoisotopic (exact) mass is 637 g/mol. The summed E-state index contributed by atoms with van der Waals surface area (Å²) in [6.45, 7) is 8.58. The Kier molecular flexibility index (Phi) is 11.6. The van der Waals surface area contributed by atoms with Crippen LogP contribution in [0.4, 0.5) is 11.4 Å². The van der Waals surface area contributed by atoms with Gasteiger partial charge in [0.2, 0.25) is 0 Å². The molecule has 0 aromatic heterocycles. The first-order valence-corrected chi connectivity index (χ1v) is 17.6. The minimum absolute atomic E-state index is 0.0260. The largest absolute Gasteiger partial charge is 0.491 e. The van der Waals surface area contributed by atoms with Crippen molar-refractivity contribution in [3.05, 3.63) is 83.4 Å². The van der Waals surface area contributed by atoms with Crippen molar-refractivity contribution in [1.29, 1.82) is 0 Å². The molecular weight excluding hydrogens is 586 g/mol. The lowest BCUT2D eigenvalue weighted by atomic mass is 10.00. The number of amides is 1. The van der Waals surface area contributed by atoms with Crippen LogP contribution in [0.1, 0.15) is 63.0 Å². The van der Waals surface area contributed by atoms with Gasteiger partial charge in [0.05, 0.1) is 6.61 Å². The number of nitrogens with one attached hydrogen (secondary N) is 1. The molecule has 0 radical (unpaired) electrons. The van der Waals surface area contributed by atoms with Gasteiger partial charge in [-0.05, 0) is 116 Å². The summed E-state index contributed by atoms with van der Waals surface area (Å²) >= 11 is 0. The first kappa shape index (κ1) is 33.3. The lowest BCUT2D eigenvalue weighted by Gasteiger charge is -2.31. The number of hydrogen-bond donors (Lipinski definition) is 1. The number of rotatable bonds is 15. The summed E-state index contributed by atoms with van der Waals surface area (Å²) in [6.07, 6.45) is 9.80. The fourth-order valence-corrected chi connectivity index (χ4v) is 6.51. The minimum Gasteiger partial charge on any atom is -0.491 e. The zero-order valence-electron chi connectivity index (χ0n) is 28.2. The highest BCUT2D eigenvalue weighted by Gasteiger charge is 2.27. The Morgan fingerprint density at radius 2 is 1.70 bits per heavy atom. The number of hydrogen-bond acceptors (Lipinski definition) is 6. The summed E-state index contributed by atoms with van der Waals surface area (Å²) < 4.78 is 17.0. The van der Waals surface area contributed by atoms with Gasteiger partial charge in [-0.15, -0.1) is 0 Å². The van der Waals surface area contributed by atoms with Gasteiger partial charge in [0.1, 0.15) is 12.4 Å². The molecule has 250 valence electrons. The Balaban J connectivity index is 1.12. The van der Waals surface area contributed by atoms with E-state index in [1.165, 1.54) is 24.1 Å². The zero-order valence-corrected chi connectivity index (χ0v) is 28.2. The number of unbranched alkanes of at least 4 members (excludes halogenated alkanes) is 1. The third-order valence-corrected chi connectivity index (χ3v) is 9.60. The second kappa shape index (κ2) is 16.4. The number of anilines is 2. The van der Waals surface area contributed by atoms with Crippen LogP contribution in [-0.2, 0) is 20.8 Å². The standard InChI is InChI=1S/C40H51N3O4/c1-3-4-21-45-24-25-47-38-14-9-32(10-15-38)33-11-16-39-35(26-33)27-34(17-20-43(39)29-31-5-6-31)40(44)41-36-12-7-30(8-13-36)28-42(2)37-18-22-46-23-19-37/h7-16,26-27,31,37H,3-6,17-25,28-29H2,1-2H3,(H,41,44). The average molecular weight is 638 g/mol. The maximum Gasteiger partial charge on any atom is 0.251 e. The molecular formula is C40H51N3O4. The summed E-state index contributed by atoms with van der Waals surface area (Å²) in [5.74, 6) is 1.57. The molecule has 2 heterocycles. The van der Waals surface area contributed by atoms with Gasteiger partial charge in [-0.3, -0.25) is 9.69 Å². The highest BCUT2D eigenvalue weighted by molar-refractivity contribution is 6.07. The molecule has 1 amide bonds. The Hall–Kier alpha value is -3.65. The molecule has 3 aromatic rings. The van der Waals surface area contributed by atoms with Gasteiger partial charge < -0.3 is 24.4 Å². The SMILES string of the molecule is CCCCOCCOc1ccc(-c2ccc3c(c2)C=C(C(=O)Nc2ccc(CN(C)C4CCOCC4)cc2)CCN3CC2CC2)cc1. The van der Waals surface area contributed by atoms with Crippen molar-refractivity contribution < 1.29 is 19.0 Å². The summed E-state index contributed by atoms with van der Waals surface area (Å²) in [5, 5.41) is 3.19. The van der Waals surface area contributed by atoms with Crippen molar-refractivity contribution in [3.63, 3.8) is 0 Å². The van der Waals surface area contributed by atoms with Crippen LogP contribution >= 0.6 is 0 Å². The van der Waals surface area contributed by atoms with Crippen LogP contribution in [0.3, 0.4) is 0 Å². The fraction of sp³-hybridized carbons (Fsp3) is 0.475. The minimum atomic E-state index is -0.0260. The van der Waals surface area contributed by atoms with Crippen molar-refractivity contribution in [2.75, 3.05) is 63.4 Å². The van der Waals surface area contributed by atoms with Crippen molar-refractivity contribution in [2.45, 2.75) is 64.5 Å². The molecule has 1 saturated heterocycles. The third-order valence-electron chi connectivity index (χ3n) is 9.60. The van der Waals surface area contributed by atoms with E-state index in [1.807, 2.05) is 24.3 Å². The molecule has 1 N–H and O–H groups in total. The molecule has 0 bridgehead atoms. The Morgan fingerprint density at radius 1 is 0.936 bits per heavy atom. The molecule has 7 nitrogen and oxygen atoms in total. The van der Waals surface area contributed by atoms with Gasteiger partial charge in [-0.25, -0.2) is 0 Å². The second-order valence-corrected chi connectivity index (χ2v) is 13.3. The predicted octanol–water partition coefficient (Wildman–Crippen LogP) is 7.80. The van der Waals surface area contributed by atoms with E-state index < -0.39 is 0 Å². The third kappa shape index (κ3) is 9.47. The number of nitrogens with zero attached hydrogens (tertiary/aromatic N) is 2. The molecule has 6 rings (SSSR count). The van der Waals surface area contributed by atoms with Crippen molar-refractivity contribution >= 4 is 23.4 Å². The molecule has 47 heavy (non-hydrogen) atoms. The first-order valence-electron chi connectivity index (χ1n) is 17.6. The molecule has 0 atom stereocenters. The predicted molar refractivity (Wildman–Crippen MR) is 191 cm³/mol. The Bertz CT molecular complexity index is 1480. The van der Waals surface area contributed by atoms with E-state index in [0.29, 0.717) is 25.7 Å². The van der Waals surface area contributed by atoms with Gasteiger partial charge in [-0.2, -0.15) is 0 Å². The van der Waals surface area contributed by atoms with Crippen LogP contribution in [0.25, 0.3) is 17.2 Å². The van der Waals surface area contributed by atoms with Crippen molar-refractivity contribution in [3.8, 4) is 16.9 Å². The maximum atomic E-state index is 13.7. The van der Waals surface area contributed by atoms with Crippen LogP contribution in [0.5, 0.6) is 5.75 Å². The summed E-state index contributed by atoms with van der Waals surface area (Å²) in [6, 6.07) is 23.8. The van der Waals surface area contributed by atoms with E-state index in [2.05, 4.69) is 77.6 Å². The molecule has 2 fully saturated rings. The van der Waals surface area contributed by atoms with Crippen LogP contribution in [-0.4, -0.2) is 70.0 Å². The van der Waals surface area contributed by atoms with E-state index in [4.69, 9.17) is 14.2 Å². The average Bonchev–Trinajstić information content (AvgIpc) is 3.95. The molecule has 1 aliphatic carbocycles. The highest BCUT2D eigenvalue weighted by atomic mass is 16.5. The number of benzene rings is 3. The number of carbonyl (C=O) groups excluding carboxylic acids is 1.